The molecule has 1 aromatic heterocycles. The van der Waals surface area contributed by atoms with Crippen LogP contribution in [0.2, 0.25) is 0 Å². The Morgan fingerprint density at radius 3 is 1.83 bits per heavy atom. The molecule has 1 aliphatic rings. The molecule has 3 aromatic carbocycles. The number of pyridine rings is 1. The van der Waals surface area contributed by atoms with Crippen molar-refractivity contribution >= 4 is 12.4 Å². The molecule has 4 aromatic rings. The Labute approximate surface area is 276 Å². The van der Waals surface area contributed by atoms with Crippen molar-refractivity contribution in [2.45, 2.75) is 30.9 Å². The van der Waals surface area contributed by atoms with Crippen LogP contribution in [0.3, 0.4) is 0 Å². The van der Waals surface area contributed by atoms with Crippen LogP contribution in [0, 0.1) is 0 Å². The molecule has 1 atom stereocenters. The van der Waals surface area contributed by atoms with E-state index in [1.54, 1.807) is 0 Å². The van der Waals surface area contributed by atoms with Gasteiger partial charge in [0.05, 0.1) is 23.4 Å². The molecule has 0 saturated carbocycles. The summed E-state index contributed by atoms with van der Waals surface area (Å²) in [6.45, 7) is 5.03. The van der Waals surface area contributed by atoms with Gasteiger partial charge in [-0.25, -0.2) is 4.98 Å². The normalized spacial score (nSPS) is 15.4. The number of hydrogen-bond acceptors (Lipinski definition) is 5. The molecule has 1 unspecified atom stereocenters. The van der Waals surface area contributed by atoms with Gasteiger partial charge in [0.1, 0.15) is 5.69 Å². The van der Waals surface area contributed by atoms with E-state index in [1.807, 2.05) is 12.1 Å². The number of alkyl halides is 6. The summed E-state index contributed by atoms with van der Waals surface area (Å²) in [4.78, 5) is 8.50. The van der Waals surface area contributed by atoms with E-state index in [0.717, 1.165) is 69.5 Å². The van der Waals surface area contributed by atoms with Crippen molar-refractivity contribution in [2.24, 2.45) is 0 Å². The Morgan fingerprint density at radius 2 is 1.30 bits per heavy atom. The van der Waals surface area contributed by atoms with Gasteiger partial charge < -0.3 is 15.3 Å². The molecule has 0 amide bonds. The molecule has 12 heteroatoms. The van der Waals surface area contributed by atoms with E-state index < -0.39 is 29.7 Å². The van der Waals surface area contributed by atoms with Gasteiger partial charge in [-0.05, 0) is 60.5 Å². The number of nitrogens with zero attached hydrogens (tertiary/aromatic N) is 3. The predicted molar refractivity (Wildman–Crippen MR) is 172 cm³/mol. The zero-order valence-corrected chi connectivity index (χ0v) is 26.3. The number of hydrogen-bond donors (Lipinski definition) is 2. The smallest absolute Gasteiger partial charge is 0.387 e. The number of aromatic nitrogens is 1. The van der Waals surface area contributed by atoms with Gasteiger partial charge >= 0.3 is 12.4 Å². The summed E-state index contributed by atoms with van der Waals surface area (Å²) in [5, 5.41) is 13.8. The number of benzene rings is 3. The monoisotopic (exact) mass is 678 g/mol. The van der Waals surface area contributed by atoms with Gasteiger partial charge in [0, 0.05) is 38.3 Å². The summed E-state index contributed by atoms with van der Waals surface area (Å²) in [5.74, 6) is 0. The van der Waals surface area contributed by atoms with E-state index in [4.69, 9.17) is 0 Å². The molecule has 1 aliphatic heterocycles. The average Bonchev–Trinajstić information content (AvgIpc) is 3.05. The largest absolute Gasteiger partial charge is 0.433 e. The highest BCUT2D eigenvalue weighted by Gasteiger charge is 2.34. The molecule has 0 radical (unpaired) electrons. The average molecular weight is 679 g/mol. The standard InChI is InChI=1S/C35H36F6N4O.ClH/c36-34(37,38)29-14-12-25(13-15-29)30-22-28(23-32(43-30)35(39,40)41)31(46)24-42-16-7-17-44-18-20-45(21-19-44)33(26-8-3-1-4-9-26)27-10-5-2-6-11-27;/h1-6,8-15,22-23,31,33,42,46H,7,16-21,24H2;1H. The zero-order chi connectivity index (χ0) is 32.7. The van der Waals surface area contributed by atoms with Crippen molar-refractivity contribution in [1.29, 1.82) is 0 Å². The number of piperazine rings is 1. The SMILES string of the molecule is Cl.OC(CNCCCN1CCN(C(c2ccccc2)c2ccccc2)CC1)c1cc(-c2ccc(C(F)(F)F)cc2)nc(C(F)(F)F)c1. The third kappa shape index (κ3) is 9.77. The summed E-state index contributed by atoms with van der Waals surface area (Å²) in [5.41, 5.74) is 0.268. The van der Waals surface area contributed by atoms with Crippen LogP contribution in [0.5, 0.6) is 0 Å². The van der Waals surface area contributed by atoms with E-state index >= 15 is 0 Å². The highest BCUT2D eigenvalue weighted by Crippen LogP contribution is 2.34. The quantitative estimate of drug-likeness (QED) is 0.126. The highest BCUT2D eigenvalue weighted by molar-refractivity contribution is 5.85. The topological polar surface area (TPSA) is 51.6 Å². The highest BCUT2D eigenvalue weighted by atomic mass is 35.5. The third-order valence-electron chi connectivity index (χ3n) is 8.20. The van der Waals surface area contributed by atoms with E-state index in [0.29, 0.717) is 6.54 Å². The minimum atomic E-state index is -4.80. The van der Waals surface area contributed by atoms with Crippen molar-refractivity contribution in [3.05, 3.63) is 125 Å². The third-order valence-corrected chi connectivity index (χ3v) is 8.20. The first-order valence-corrected chi connectivity index (χ1v) is 15.2. The van der Waals surface area contributed by atoms with Gasteiger partial charge in [-0.1, -0.05) is 72.8 Å². The molecule has 5 nitrogen and oxygen atoms in total. The first kappa shape index (κ1) is 36.4. The molecule has 0 aliphatic carbocycles. The van der Waals surface area contributed by atoms with Crippen molar-refractivity contribution in [2.75, 3.05) is 45.8 Å². The molecule has 252 valence electrons. The first-order chi connectivity index (χ1) is 22.0. The summed E-state index contributed by atoms with van der Waals surface area (Å²) in [7, 11) is 0. The predicted octanol–water partition coefficient (Wildman–Crippen LogP) is 7.63. The fraction of sp³-hybridized carbons (Fsp3) is 0.343. The van der Waals surface area contributed by atoms with Crippen LogP contribution in [0.1, 0.15) is 46.5 Å². The molecular weight excluding hydrogens is 642 g/mol. The van der Waals surface area contributed by atoms with Gasteiger partial charge in [-0.3, -0.25) is 4.90 Å². The first-order valence-electron chi connectivity index (χ1n) is 15.2. The van der Waals surface area contributed by atoms with Gasteiger partial charge in [0.2, 0.25) is 0 Å². The lowest BCUT2D eigenvalue weighted by molar-refractivity contribution is -0.141. The minimum Gasteiger partial charge on any atom is -0.387 e. The Kier molecular flexibility index (Phi) is 12.4. The van der Waals surface area contributed by atoms with E-state index in [1.165, 1.54) is 17.2 Å². The van der Waals surface area contributed by atoms with Crippen LogP contribution in [0.25, 0.3) is 11.3 Å². The summed E-state index contributed by atoms with van der Waals surface area (Å²) in [6, 6.07) is 26.9. The van der Waals surface area contributed by atoms with Crippen molar-refractivity contribution in [3.8, 4) is 11.3 Å². The van der Waals surface area contributed by atoms with Gasteiger partial charge in [0.15, 0.2) is 0 Å². The number of aliphatic hydroxyl groups excluding tert-OH is 1. The van der Waals surface area contributed by atoms with E-state index in [-0.39, 0.29) is 41.8 Å². The van der Waals surface area contributed by atoms with Crippen LogP contribution in [0.15, 0.2) is 97.1 Å². The Hall–Kier alpha value is -3.48. The molecule has 0 spiro atoms. The molecule has 5 rings (SSSR count). The number of nitrogens with one attached hydrogen (secondary N) is 1. The molecule has 0 bridgehead atoms. The van der Waals surface area contributed by atoms with Gasteiger partial charge in [-0.2, -0.15) is 26.3 Å². The second-order valence-electron chi connectivity index (χ2n) is 11.4. The van der Waals surface area contributed by atoms with Crippen LogP contribution in [-0.4, -0.2) is 65.7 Å². The lowest BCUT2D eigenvalue weighted by Gasteiger charge is -2.40. The molecule has 1 saturated heterocycles. The van der Waals surface area contributed by atoms with Crippen LogP contribution in [0.4, 0.5) is 26.3 Å². The molecular formula is C35H37ClF6N4O. The van der Waals surface area contributed by atoms with Gasteiger partial charge in [-0.15, -0.1) is 12.4 Å². The lowest BCUT2D eigenvalue weighted by atomic mass is 9.96. The van der Waals surface area contributed by atoms with Crippen LogP contribution in [-0.2, 0) is 12.4 Å². The number of rotatable bonds is 11. The summed E-state index contributed by atoms with van der Waals surface area (Å²) >= 11 is 0. The fourth-order valence-electron chi connectivity index (χ4n) is 5.78. The van der Waals surface area contributed by atoms with Crippen molar-refractivity contribution < 1.29 is 31.4 Å². The van der Waals surface area contributed by atoms with Gasteiger partial charge in [0.25, 0.3) is 0 Å². The maximum atomic E-state index is 13.6. The lowest BCUT2D eigenvalue weighted by Crippen LogP contribution is -2.48. The van der Waals surface area contributed by atoms with Crippen LogP contribution < -0.4 is 5.32 Å². The van der Waals surface area contributed by atoms with Crippen molar-refractivity contribution in [1.82, 2.24) is 20.1 Å². The molecule has 2 heterocycles. The molecule has 47 heavy (non-hydrogen) atoms. The second kappa shape index (κ2) is 16.1. The van der Waals surface area contributed by atoms with Crippen molar-refractivity contribution in [3.63, 3.8) is 0 Å². The minimum absolute atomic E-state index is 0. The van der Waals surface area contributed by atoms with Crippen LogP contribution >= 0.6 is 12.4 Å². The zero-order valence-electron chi connectivity index (χ0n) is 25.5. The van der Waals surface area contributed by atoms with E-state index in [9.17, 15) is 31.4 Å². The Bertz CT molecular complexity index is 1490. The van der Waals surface area contributed by atoms with E-state index in [2.05, 4.69) is 68.6 Å². The number of halogens is 7. The Morgan fingerprint density at radius 1 is 0.723 bits per heavy atom. The summed E-state index contributed by atoms with van der Waals surface area (Å²) < 4.78 is 79.6. The number of aliphatic hydroxyl groups is 1. The summed E-state index contributed by atoms with van der Waals surface area (Å²) in [6.07, 6.45) is -9.85. The Balaban J connectivity index is 0.00000500. The maximum absolute atomic E-state index is 13.6. The second-order valence-corrected chi connectivity index (χ2v) is 11.4. The maximum Gasteiger partial charge on any atom is 0.433 e. The fourth-order valence-corrected chi connectivity index (χ4v) is 5.78. The molecule has 2 N–H and O–H groups in total. The molecule has 1 fully saturated rings.